The Morgan fingerprint density at radius 2 is 2.00 bits per heavy atom. The number of hydrogen-bond acceptors (Lipinski definition) is 4. The third-order valence-electron chi connectivity index (χ3n) is 4.96. The molecule has 4 heteroatoms. The zero-order valence-corrected chi connectivity index (χ0v) is 12.2. The van der Waals surface area contributed by atoms with Crippen molar-refractivity contribution in [3.05, 3.63) is 0 Å². The lowest BCUT2D eigenvalue weighted by molar-refractivity contribution is 0.208. The monoisotopic (exact) mass is 262 g/mol. The molecule has 2 atom stereocenters. The Bertz CT molecular complexity index is 367. The number of rotatable bonds is 6. The highest BCUT2D eigenvalue weighted by molar-refractivity contribution is 5.19. The molecule has 2 saturated carbocycles. The number of hydrogen-bond donors (Lipinski definition) is 1. The highest BCUT2D eigenvalue weighted by Crippen LogP contribution is 2.42. The van der Waals surface area contributed by atoms with E-state index in [0.29, 0.717) is 18.0 Å². The summed E-state index contributed by atoms with van der Waals surface area (Å²) in [5.74, 6) is 0.594. The van der Waals surface area contributed by atoms with Crippen molar-refractivity contribution >= 4 is 0 Å². The minimum atomic E-state index is -0.262. The first-order valence-electron chi connectivity index (χ1n) is 7.71. The molecule has 0 radical (unpaired) electrons. The first-order chi connectivity index (χ1) is 9.13. The van der Waals surface area contributed by atoms with Crippen molar-refractivity contribution < 1.29 is 0 Å². The maximum absolute atomic E-state index is 9.75. The average Bonchev–Trinajstić information content (AvgIpc) is 3.28. The van der Waals surface area contributed by atoms with Gasteiger partial charge in [0.1, 0.15) is 5.54 Å². The maximum atomic E-state index is 9.75. The first kappa shape index (κ1) is 13.4. The predicted molar refractivity (Wildman–Crippen MR) is 75.8 cm³/mol. The Balaban J connectivity index is 1.63. The second kappa shape index (κ2) is 5.05. The van der Waals surface area contributed by atoms with Gasteiger partial charge in [0.2, 0.25) is 0 Å². The molecular formula is C15H26N4. The molecule has 0 aromatic carbocycles. The van der Waals surface area contributed by atoms with Gasteiger partial charge in [-0.2, -0.15) is 5.26 Å². The highest BCUT2D eigenvalue weighted by Gasteiger charge is 2.49. The maximum Gasteiger partial charge on any atom is 0.122 e. The van der Waals surface area contributed by atoms with Crippen LogP contribution in [-0.4, -0.2) is 61.2 Å². The van der Waals surface area contributed by atoms with Gasteiger partial charge < -0.3 is 4.90 Å². The molecule has 2 unspecified atom stereocenters. The molecule has 0 amide bonds. The van der Waals surface area contributed by atoms with Crippen molar-refractivity contribution in [3.63, 3.8) is 0 Å². The third-order valence-corrected chi connectivity index (χ3v) is 4.96. The Kier molecular flexibility index (Phi) is 3.55. The molecule has 1 N–H and O–H groups in total. The molecule has 1 heterocycles. The van der Waals surface area contributed by atoms with Gasteiger partial charge in [-0.25, -0.2) is 0 Å². The second-order valence-electron chi connectivity index (χ2n) is 6.92. The van der Waals surface area contributed by atoms with E-state index >= 15 is 0 Å². The number of nitrogens with one attached hydrogen (secondary N) is 1. The van der Waals surface area contributed by atoms with E-state index in [4.69, 9.17) is 0 Å². The fourth-order valence-electron chi connectivity index (χ4n) is 3.35. The van der Waals surface area contributed by atoms with Crippen molar-refractivity contribution in [2.24, 2.45) is 5.92 Å². The molecule has 3 aliphatic rings. The predicted octanol–water partition coefficient (Wildman–Crippen LogP) is 1.05. The van der Waals surface area contributed by atoms with E-state index in [-0.39, 0.29) is 5.54 Å². The molecule has 0 spiro atoms. The lowest BCUT2D eigenvalue weighted by atomic mass is 9.94. The number of likely N-dealkylation sites (N-methyl/N-ethyl adjacent to an activating group) is 1. The van der Waals surface area contributed by atoms with Crippen LogP contribution in [0.2, 0.25) is 0 Å². The molecule has 2 aliphatic carbocycles. The molecule has 3 fully saturated rings. The van der Waals surface area contributed by atoms with Gasteiger partial charge in [0, 0.05) is 25.2 Å². The van der Waals surface area contributed by atoms with E-state index in [1.807, 2.05) is 0 Å². The van der Waals surface area contributed by atoms with E-state index in [9.17, 15) is 5.26 Å². The van der Waals surface area contributed by atoms with Crippen molar-refractivity contribution in [3.8, 4) is 6.07 Å². The summed E-state index contributed by atoms with van der Waals surface area (Å²) < 4.78 is 0. The minimum absolute atomic E-state index is 0.262. The zero-order chi connectivity index (χ0) is 13.5. The van der Waals surface area contributed by atoms with Gasteiger partial charge in [-0.05, 0) is 58.7 Å². The minimum Gasteiger partial charge on any atom is -0.305 e. The van der Waals surface area contributed by atoms with Crippen LogP contribution in [0.4, 0.5) is 0 Å². The molecule has 3 rings (SSSR count). The van der Waals surface area contributed by atoms with Crippen LogP contribution in [0.3, 0.4) is 0 Å². The van der Waals surface area contributed by atoms with Crippen LogP contribution < -0.4 is 5.32 Å². The molecule has 1 aliphatic heterocycles. The van der Waals surface area contributed by atoms with Gasteiger partial charge in [-0.15, -0.1) is 0 Å². The summed E-state index contributed by atoms with van der Waals surface area (Å²) >= 11 is 0. The van der Waals surface area contributed by atoms with Crippen LogP contribution in [0, 0.1) is 17.2 Å². The summed E-state index contributed by atoms with van der Waals surface area (Å²) in [4.78, 5) is 4.82. The molecule has 0 aromatic heterocycles. The number of likely N-dealkylation sites (tertiary alicyclic amines) is 1. The molecule has 0 aromatic rings. The van der Waals surface area contributed by atoms with E-state index in [2.05, 4.69) is 35.3 Å². The Morgan fingerprint density at radius 3 is 2.47 bits per heavy atom. The zero-order valence-electron chi connectivity index (χ0n) is 12.2. The van der Waals surface area contributed by atoms with Crippen molar-refractivity contribution in [2.45, 2.75) is 49.7 Å². The van der Waals surface area contributed by atoms with E-state index in [1.54, 1.807) is 0 Å². The fraction of sp³-hybridized carbons (Fsp3) is 0.933. The van der Waals surface area contributed by atoms with Crippen LogP contribution in [0.5, 0.6) is 0 Å². The Labute approximate surface area is 116 Å². The molecule has 19 heavy (non-hydrogen) atoms. The lowest BCUT2D eigenvalue weighted by Gasteiger charge is -2.33. The largest absolute Gasteiger partial charge is 0.305 e. The third kappa shape index (κ3) is 2.94. The highest BCUT2D eigenvalue weighted by atomic mass is 15.3. The van der Waals surface area contributed by atoms with Crippen molar-refractivity contribution in [1.82, 2.24) is 15.1 Å². The van der Waals surface area contributed by atoms with Gasteiger partial charge in [-0.3, -0.25) is 10.2 Å². The summed E-state index contributed by atoms with van der Waals surface area (Å²) in [6, 6.07) is 3.93. The fourth-order valence-corrected chi connectivity index (χ4v) is 3.35. The standard InChI is InChI=1S/C15H26N4/c1-18(2)14-7-8-19(9-14)11-15(10-16,12-3-4-12)17-13-5-6-13/h12-14,17H,3-9,11H2,1-2H3. The summed E-state index contributed by atoms with van der Waals surface area (Å²) in [5.41, 5.74) is -0.262. The average molecular weight is 262 g/mol. The summed E-state index contributed by atoms with van der Waals surface area (Å²) in [5, 5.41) is 13.4. The van der Waals surface area contributed by atoms with Crippen LogP contribution in [0.15, 0.2) is 0 Å². The second-order valence-corrected chi connectivity index (χ2v) is 6.92. The van der Waals surface area contributed by atoms with Crippen molar-refractivity contribution in [2.75, 3.05) is 33.7 Å². The van der Waals surface area contributed by atoms with Gasteiger partial charge in [0.25, 0.3) is 0 Å². The van der Waals surface area contributed by atoms with Crippen LogP contribution >= 0.6 is 0 Å². The molecule has 4 nitrogen and oxygen atoms in total. The van der Waals surface area contributed by atoms with E-state index < -0.39 is 0 Å². The van der Waals surface area contributed by atoms with Gasteiger partial charge in [-0.1, -0.05) is 0 Å². The summed E-state index contributed by atoms with van der Waals surface area (Å²) in [6.07, 6.45) is 6.23. The number of nitriles is 1. The SMILES string of the molecule is CN(C)C1CCN(CC(C#N)(NC2CC2)C2CC2)C1. The molecule has 106 valence electrons. The van der Waals surface area contributed by atoms with Crippen molar-refractivity contribution in [1.29, 1.82) is 5.26 Å². The number of nitrogens with zero attached hydrogens (tertiary/aromatic N) is 3. The van der Waals surface area contributed by atoms with Crippen LogP contribution in [0.25, 0.3) is 0 Å². The normalized spacial score (nSPS) is 31.4. The van der Waals surface area contributed by atoms with E-state index in [1.165, 1.54) is 32.1 Å². The quantitative estimate of drug-likeness (QED) is 0.777. The van der Waals surface area contributed by atoms with Crippen LogP contribution in [-0.2, 0) is 0 Å². The van der Waals surface area contributed by atoms with E-state index in [0.717, 1.165) is 19.6 Å². The molecule has 1 saturated heterocycles. The Hall–Kier alpha value is -0.630. The molecule has 0 bridgehead atoms. The van der Waals surface area contributed by atoms with Gasteiger partial charge in [0.15, 0.2) is 0 Å². The smallest absolute Gasteiger partial charge is 0.122 e. The molecular weight excluding hydrogens is 236 g/mol. The summed E-state index contributed by atoms with van der Waals surface area (Å²) in [6.45, 7) is 3.19. The summed E-state index contributed by atoms with van der Waals surface area (Å²) in [7, 11) is 4.32. The topological polar surface area (TPSA) is 42.3 Å². The lowest BCUT2D eigenvalue weighted by Crippen LogP contribution is -2.55. The first-order valence-corrected chi connectivity index (χ1v) is 7.71. The van der Waals surface area contributed by atoms with Gasteiger partial charge in [0.05, 0.1) is 6.07 Å². The Morgan fingerprint density at radius 1 is 1.26 bits per heavy atom. The van der Waals surface area contributed by atoms with Gasteiger partial charge >= 0.3 is 0 Å². The van der Waals surface area contributed by atoms with Crippen LogP contribution in [0.1, 0.15) is 32.1 Å².